The van der Waals surface area contributed by atoms with E-state index in [4.69, 9.17) is 9.26 Å². The minimum absolute atomic E-state index is 0.368. The molecule has 5 aromatic rings. The molecule has 0 bridgehead atoms. The van der Waals surface area contributed by atoms with Crippen LogP contribution in [-0.4, -0.2) is 32.3 Å². The fourth-order valence-corrected chi connectivity index (χ4v) is 4.96. The van der Waals surface area contributed by atoms with Crippen molar-refractivity contribution in [3.63, 3.8) is 0 Å². The lowest BCUT2D eigenvalue weighted by atomic mass is 9.93. The first-order valence-corrected chi connectivity index (χ1v) is 12.7. The summed E-state index contributed by atoms with van der Waals surface area (Å²) < 4.78 is 11.2. The molecule has 0 saturated heterocycles. The molecule has 196 valence electrons. The van der Waals surface area contributed by atoms with E-state index in [-0.39, 0.29) is 0 Å². The minimum atomic E-state index is -0.777. The number of benzene rings is 3. The minimum Gasteiger partial charge on any atom is -0.481 e. The predicted octanol–water partition coefficient (Wildman–Crippen LogP) is 6.62. The van der Waals surface area contributed by atoms with E-state index in [2.05, 4.69) is 20.4 Å². The number of aromatic nitrogens is 3. The number of rotatable bonds is 7. The molecule has 9 nitrogen and oxygen atoms in total. The van der Waals surface area contributed by atoms with Crippen molar-refractivity contribution in [2.75, 3.05) is 5.32 Å². The van der Waals surface area contributed by atoms with E-state index in [1.54, 1.807) is 20.2 Å². The maximum Gasteiger partial charge on any atom is 0.412 e. The molecule has 1 aliphatic rings. The highest BCUT2D eigenvalue weighted by Crippen LogP contribution is 2.49. The van der Waals surface area contributed by atoms with Crippen LogP contribution in [-0.2, 0) is 14.9 Å². The van der Waals surface area contributed by atoms with Gasteiger partial charge in [-0.25, -0.2) is 9.78 Å². The molecule has 2 heterocycles. The fourth-order valence-electron chi connectivity index (χ4n) is 4.96. The van der Waals surface area contributed by atoms with E-state index in [9.17, 15) is 14.7 Å². The Bertz CT molecular complexity index is 1680. The Labute approximate surface area is 223 Å². The van der Waals surface area contributed by atoms with Crippen molar-refractivity contribution in [3.05, 3.63) is 89.9 Å². The quantitative estimate of drug-likeness (QED) is 0.219. The summed E-state index contributed by atoms with van der Waals surface area (Å²) in [6.07, 6.45) is 1.86. The number of carbonyl (C=O) groups excluding carboxylic acids is 1. The van der Waals surface area contributed by atoms with E-state index >= 15 is 0 Å². The third-order valence-electron chi connectivity index (χ3n) is 7.38. The van der Waals surface area contributed by atoms with Gasteiger partial charge in [-0.2, -0.15) is 0 Å². The van der Waals surface area contributed by atoms with Gasteiger partial charge in [0.1, 0.15) is 23.0 Å². The fraction of sp³-hybridized carbons (Fsp3) is 0.200. The summed E-state index contributed by atoms with van der Waals surface area (Å²) in [5, 5.41) is 16.5. The van der Waals surface area contributed by atoms with Gasteiger partial charge in [0.15, 0.2) is 5.76 Å². The lowest BCUT2D eigenvalue weighted by molar-refractivity contribution is -0.140. The van der Waals surface area contributed by atoms with Gasteiger partial charge < -0.3 is 19.4 Å². The number of carbonyl (C=O) groups is 2. The summed E-state index contributed by atoms with van der Waals surface area (Å²) in [4.78, 5) is 32.2. The molecule has 9 heteroatoms. The van der Waals surface area contributed by atoms with Crippen LogP contribution >= 0.6 is 0 Å². The monoisotopic (exact) mass is 522 g/mol. The van der Waals surface area contributed by atoms with Crippen molar-refractivity contribution >= 4 is 28.8 Å². The van der Waals surface area contributed by atoms with Gasteiger partial charge in [0, 0.05) is 5.56 Å². The number of nitrogens with one attached hydrogen (secondary N) is 2. The van der Waals surface area contributed by atoms with Crippen molar-refractivity contribution in [2.45, 2.75) is 38.2 Å². The second-order valence-electron chi connectivity index (χ2n) is 9.81. The Kier molecular flexibility index (Phi) is 5.91. The summed E-state index contributed by atoms with van der Waals surface area (Å²) in [6.45, 7) is 3.55. The maximum absolute atomic E-state index is 12.8. The number of aromatic amines is 1. The molecule has 1 amide bonds. The number of aliphatic carboxylic acids is 1. The molecule has 2 aromatic heterocycles. The average Bonchev–Trinajstić information content (AvgIpc) is 3.49. The smallest absolute Gasteiger partial charge is 0.412 e. The molecule has 39 heavy (non-hydrogen) atoms. The Morgan fingerprint density at radius 1 is 1.05 bits per heavy atom. The number of H-pyrrole nitrogens is 1. The molecule has 1 aliphatic carbocycles. The summed E-state index contributed by atoms with van der Waals surface area (Å²) in [7, 11) is 0. The van der Waals surface area contributed by atoms with Gasteiger partial charge in [0.2, 0.25) is 0 Å². The van der Waals surface area contributed by atoms with Gasteiger partial charge in [-0.3, -0.25) is 10.1 Å². The highest BCUT2D eigenvalue weighted by Gasteiger charge is 2.51. The van der Waals surface area contributed by atoms with Gasteiger partial charge in [-0.05, 0) is 49.4 Å². The first kappa shape index (κ1) is 24.4. The summed E-state index contributed by atoms with van der Waals surface area (Å²) in [5.41, 5.74) is 5.76. The molecular weight excluding hydrogens is 496 g/mol. The molecule has 0 radical (unpaired) electrons. The Hall–Kier alpha value is -4.92. The van der Waals surface area contributed by atoms with Gasteiger partial charge >= 0.3 is 12.1 Å². The number of imidazole rings is 1. The highest BCUT2D eigenvalue weighted by atomic mass is 16.6. The number of aryl methyl sites for hydroxylation is 1. The Balaban J connectivity index is 1.29. The van der Waals surface area contributed by atoms with Crippen LogP contribution < -0.4 is 5.32 Å². The highest BCUT2D eigenvalue weighted by molar-refractivity contribution is 6.03. The molecule has 1 fully saturated rings. The van der Waals surface area contributed by atoms with E-state index < -0.39 is 23.6 Å². The summed E-state index contributed by atoms with van der Waals surface area (Å²) in [6, 6.07) is 20.9. The number of anilines is 1. The van der Waals surface area contributed by atoms with Crippen molar-refractivity contribution in [2.24, 2.45) is 0 Å². The van der Waals surface area contributed by atoms with Crippen LogP contribution in [0.3, 0.4) is 0 Å². The topological polar surface area (TPSA) is 130 Å². The van der Waals surface area contributed by atoms with Crippen LogP contribution in [0.1, 0.15) is 42.7 Å². The average molecular weight is 523 g/mol. The van der Waals surface area contributed by atoms with Crippen molar-refractivity contribution in [1.29, 1.82) is 0 Å². The summed E-state index contributed by atoms with van der Waals surface area (Å²) >= 11 is 0. The van der Waals surface area contributed by atoms with Crippen molar-refractivity contribution in [1.82, 2.24) is 15.1 Å². The van der Waals surface area contributed by atoms with Gasteiger partial charge in [-0.1, -0.05) is 65.8 Å². The number of hydrogen-bond donors (Lipinski definition) is 3. The van der Waals surface area contributed by atoms with Gasteiger partial charge in [0.05, 0.1) is 22.8 Å². The maximum atomic E-state index is 12.8. The third-order valence-corrected chi connectivity index (χ3v) is 7.38. The SMILES string of the molecule is Cc1noc(-c2ccc(-c3ccc(C4(C(=O)O)CC4)cc3)c3[nH]cnc23)c1NC(=O)OC(C)c1ccccc1. The van der Waals surface area contributed by atoms with Crippen molar-refractivity contribution in [3.8, 4) is 22.5 Å². The number of hydrogen-bond acceptors (Lipinski definition) is 6. The molecule has 6 rings (SSSR count). The van der Waals surface area contributed by atoms with E-state index in [0.29, 0.717) is 41.1 Å². The zero-order valence-corrected chi connectivity index (χ0v) is 21.4. The molecule has 0 aliphatic heterocycles. The first-order valence-electron chi connectivity index (χ1n) is 12.7. The van der Waals surface area contributed by atoms with Gasteiger partial charge in [-0.15, -0.1) is 0 Å². The number of carboxylic acids is 1. The second-order valence-corrected chi connectivity index (χ2v) is 9.81. The number of ether oxygens (including phenoxy) is 1. The van der Waals surface area contributed by atoms with E-state index in [1.807, 2.05) is 66.7 Å². The third kappa shape index (κ3) is 4.31. The van der Waals surface area contributed by atoms with Crippen LogP contribution in [0.5, 0.6) is 0 Å². The number of amides is 1. The molecule has 3 aromatic carbocycles. The van der Waals surface area contributed by atoms with E-state index in [0.717, 1.165) is 27.8 Å². The second kappa shape index (κ2) is 9.43. The number of nitrogens with zero attached hydrogens (tertiary/aromatic N) is 2. The molecular formula is C30H26N4O5. The molecule has 3 N–H and O–H groups in total. The van der Waals surface area contributed by atoms with Crippen LogP contribution in [0.2, 0.25) is 0 Å². The Morgan fingerprint density at radius 3 is 2.46 bits per heavy atom. The summed E-state index contributed by atoms with van der Waals surface area (Å²) in [5.74, 6) is -0.409. The Morgan fingerprint density at radius 2 is 1.77 bits per heavy atom. The largest absolute Gasteiger partial charge is 0.481 e. The number of fused-ring (bicyclic) bond motifs is 1. The van der Waals surface area contributed by atoms with Gasteiger partial charge in [0.25, 0.3) is 0 Å². The zero-order chi connectivity index (χ0) is 27.1. The number of carboxylic acid groups (broad SMARTS) is 1. The first-order chi connectivity index (χ1) is 18.9. The van der Waals surface area contributed by atoms with Crippen molar-refractivity contribution < 1.29 is 24.0 Å². The van der Waals surface area contributed by atoms with E-state index in [1.165, 1.54) is 0 Å². The molecule has 1 atom stereocenters. The molecule has 1 unspecified atom stereocenters. The lowest BCUT2D eigenvalue weighted by Gasteiger charge is -2.14. The standard InChI is InChI=1S/C30H26N4O5/c1-17-24(33-29(37)38-18(2)19-6-4-3-5-7-19)27(39-34-17)23-13-12-22(25-26(23)32-16-31-25)20-8-10-21(11-9-20)30(14-15-30)28(35)36/h3-13,16,18H,14-15H2,1-2H3,(H,31,32)(H,33,37)(H,35,36). The van der Waals surface area contributed by atoms with Crippen LogP contribution in [0.4, 0.5) is 10.5 Å². The van der Waals surface area contributed by atoms with Crippen LogP contribution in [0, 0.1) is 6.92 Å². The predicted molar refractivity (Wildman–Crippen MR) is 145 cm³/mol. The zero-order valence-electron chi connectivity index (χ0n) is 21.4. The lowest BCUT2D eigenvalue weighted by Crippen LogP contribution is -2.19. The molecule has 0 spiro atoms. The normalized spacial score (nSPS) is 14.6. The van der Waals surface area contributed by atoms with Crippen LogP contribution in [0.25, 0.3) is 33.5 Å². The van der Waals surface area contributed by atoms with Crippen LogP contribution in [0.15, 0.2) is 77.6 Å². The molecule has 1 saturated carbocycles.